The van der Waals surface area contributed by atoms with Crippen LogP contribution in [0.3, 0.4) is 0 Å². The fraction of sp³-hybridized carbons (Fsp3) is 0.390. The molecule has 4 heterocycles. The van der Waals surface area contributed by atoms with Gasteiger partial charge in [-0.05, 0) is 111 Å². The Labute approximate surface area is 329 Å². The predicted octanol–water partition coefficient (Wildman–Crippen LogP) is 9.11. The summed E-state index contributed by atoms with van der Waals surface area (Å²) in [6, 6.07) is 15.4. The first kappa shape index (κ1) is 38.3. The Hall–Kier alpha value is -4.00. The number of esters is 1. The van der Waals surface area contributed by atoms with Crippen LogP contribution in [-0.2, 0) is 47.4 Å². The molecule has 0 spiro atoms. The van der Waals surface area contributed by atoms with E-state index in [1.165, 1.54) is 7.11 Å². The summed E-state index contributed by atoms with van der Waals surface area (Å²) >= 11 is 15.1. The highest BCUT2D eigenvalue weighted by Crippen LogP contribution is 2.44. The normalized spacial score (nSPS) is 14.8. The number of phenolic OH excluding ortho intramolecular Hbond substituents is 1. The van der Waals surface area contributed by atoms with Gasteiger partial charge in [0, 0.05) is 87.2 Å². The number of hydrogen-bond acceptors (Lipinski definition) is 8. The molecule has 0 saturated carbocycles. The molecule has 0 bridgehead atoms. The molecular weight excluding hydrogens is 745 g/mol. The summed E-state index contributed by atoms with van der Waals surface area (Å²) in [5, 5.41) is 34.1. The van der Waals surface area contributed by atoms with Gasteiger partial charge in [0.15, 0.2) is 0 Å². The van der Waals surface area contributed by atoms with Gasteiger partial charge in [0.1, 0.15) is 17.7 Å². The average molecular weight is 791 g/mol. The fourth-order valence-corrected chi connectivity index (χ4v) is 9.09. The largest absolute Gasteiger partial charge is 0.507 e. The maximum absolute atomic E-state index is 13.2. The standard InChI is InChI=1S/C41H45Cl2N5O5S/c1-24-37-34(47(15-7-16-49)40(24)41(51)52-4)14-13-32(43)39(37)38-25(2)48(36-8-5-6-17-53-36)45-33(38)23-54-22-29-21-30(46(3)44-29)11-9-26-18-27-20-28(42)10-12-31(27)35(50)19-26/h10,12-14,18-21,36,49-50H,5-9,11,15-17,22-23H2,1-4H3. The number of thioether (sulfide) groups is 1. The van der Waals surface area contributed by atoms with Crippen LogP contribution in [-0.4, -0.2) is 60.6 Å². The van der Waals surface area contributed by atoms with E-state index in [0.29, 0.717) is 46.8 Å². The lowest BCUT2D eigenvalue weighted by Crippen LogP contribution is -2.20. The second-order valence-corrected chi connectivity index (χ2v) is 15.7. The number of phenols is 1. The number of hydrogen-bond donors (Lipinski definition) is 2. The van der Waals surface area contributed by atoms with E-state index in [1.807, 2.05) is 58.2 Å². The number of aromatic nitrogens is 5. The molecule has 1 aliphatic rings. The summed E-state index contributed by atoms with van der Waals surface area (Å²) in [4.78, 5) is 13.2. The van der Waals surface area contributed by atoms with Crippen LogP contribution in [0.2, 0.25) is 10.0 Å². The van der Waals surface area contributed by atoms with Crippen molar-refractivity contribution in [3.8, 4) is 16.9 Å². The summed E-state index contributed by atoms with van der Waals surface area (Å²) in [6.45, 7) is 5.14. The molecule has 0 radical (unpaired) electrons. The first-order valence-electron chi connectivity index (χ1n) is 18.3. The Kier molecular flexibility index (Phi) is 11.6. The minimum atomic E-state index is -0.433. The van der Waals surface area contributed by atoms with Crippen molar-refractivity contribution in [1.29, 1.82) is 0 Å². The minimum Gasteiger partial charge on any atom is -0.507 e. The highest BCUT2D eigenvalue weighted by atomic mass is 35.5. The van der Waals surface area contributed by atoms with E-state index in [2.05, 4.69) is 19.1 Å². The van der Waals surface area contributed by atoms with Gasteiger partial charge in [-0.25, -0.2) is 9.48 Å². The number of carbonyl (C=O) groups excluding carboxylic acids is 1. The summed E-state index contributed by atoms with van der Waals surface area (Å²) in [5.41, 5.74) is 8.79. The maximum Gasteiger partial charge on any atom is 0.354 e. The van der Waals surface area contributed by atoms with Crippen LogP contribution in [0.25, 0.3) is 32.8 Å². The molecule has 0 aliphatic carbocycles. The molecule has 1 fully saturated rings. The van der Waals surface area contributed by atoms with Crippen molar-refractivity contribution >= 4 is 62.6 Å². The third kappa shape index (κ3) is 7.49. The number of aliphatic hydroxyl groups excluding tert-OH is 1. The topological polar surface area (TPSA) is 117 Å². The quantitative estimate of drug-likeness (QED) is 0.111. The summed E-state index contributed by atoms with van der Waals surface area (Å²) in [5.74, 6) is 1.10. The lowest BCUT2D eigenvalue weighted by molar-refractivity contribution is -0.0407. The highest BCUT2D eigenvalue weighted by Gasteiger charge is 2.30. The van der Waals surface area contributed by atoms with Gasteiger partial charge in [-0.2, -0.15) is 10.2 Å². The number of aryl methyl sites for hydroxylation is 5. The van der Waals surface area contributed by atoms with E-state index in [0.717, 1.165) is 98.8 Å². The fourth-order valence-electron chi connectivity index (χ4n) is 7.81. The predicted molar refractivity (Wildman–Crippen MR) is 216 cm³/mol. The molecule has 10 nitrogen and oxygen atoms in total. The average Bonchev–Trinajstić information content (AvgIpc) is 3.78. The van der Waals surface area contributed by atoms with E-state index in [1.54, 1.807) is 17.8 Å². The zero-order chi connectivity index (χ0) is 38.1. The van der Waals surface area contributed by atoms with E-state index in [4.69, 9.17) is 42.9 Å². The molecule has 1 saturated heterocycles. The molecule has 284 valence electrons. The monoisotopic (exact) mass is 789 g/mol. The third-order valence-corrected chi connectivity index (χ3v) is 11.9. The summed E-state index contributed by atoms with van der Waals surface area (Å²) in [6.07, 6.45) is 4.79. The second kappa shape index (κ2) is 16.4. The van der Waals surface area contributed by atoms with Crippen molar-refractivity contribution in [2.45, 2.75) is 76.7 Å². The first-order chi connectivity index (χ1) is 26.1. The van der Waals surface area contributed by atoms with Crippen molar-refractivity contribution in [1.82, 2.24) is 24.1 Å². The Morgan fingerprint density at radius 2 is 1.87 bits per heavy atom. The van der Waals surface area contributed by atoms with Gasteiger partial charge < -0.3 is 24.3 Å². The maximum atomic E-state index is 13.2. The number of nitrogens with zero attached hydrogens (tertiary/aromatic N) is 5. The second-order valence-electron chi connectivity index (χ2n) is 13.9. The molecule has 54 heavy (non-hydrogen) atoms. The van der Waals surface area contributed by atoms with Gasteiger partial charge in [0.05, 0.1) is 18.5 Å². The van der Waals surface area contributed by atoms with Crippen LogP contribution >= 0.6 is 35.0 Å². The number of aromatic hydroxyl groups is 1. The Balaban J connectivity index is 1.18. The van der Waals surface area contributed by atoms with Crippen molar-refractivity contribution in [2.24, 2.45) is 7.05 Å². The van der Waals surface area contributed by atoms with Gasteiger partial charge in [-0.3, -0.25) is 4.68 Å². The molecule has 3 aromatic carbocycles. The lowest BCUT2D eigenvalue weighted by atomic mass is 9.97. The molecular formula is C41H45Cl2N5O5S. The molecule has 7 rings (SSSR count). The van der Waals surface area contributed by atoms with Gasteiger partial charge in [0.2, 0.25) is 0 Å². The molecule has 1 aliphatic heterocycles. The number of halogens is 2. The Bertz CT molecular complexity index is 2340. The van der Waals surface area contributed by atoms with Crippen LogP contribution in [0.5, 0.6) is 5.75 Å². The molecule has 0 amide bonds. The van der Waals surface area contributed by atoms with Gasteiger partial charge in [0.25, 0.3) is 0 Å². The molecule has 6 aromatic rings. The number of rotatable bonds is 13. The van der Waals surface area contributed by atoms with E-state index in [-0.39, 0.29) is 18.6 Å². The summed E-state index contributed by atoms with van der Waals surface area (Å²) < 4.78 is 17.3. The zero-order valence-electron chi connectivity index (χ0n) is 31.0. The number of aliphatic hydroxyl groups is 1. The lowest BCUT2D eigenvalue weighted by Gasteiger charge is -2.24. The number of methoxy groups -OCH3 is 1. The Morgan fingerprint density at radius 3 is 2.63 bits per heavy atom. The van der Waals surface area contributed by atoms with Crippen LogP contribution < -0.4 is 0 Å². The van der Waals surface area contributed by atoms with Crippen LogP contribution in [0, 0.1) is 13.8 Å². The van der Waals surface area contributed by atoms with Crippen LogP contribution in [0.1, 0.15) is 76.3 Å². The van der Waals surface area contributed by atoms with Crippen molar-refractivity contribution in [2.75, 3.05) is 20.3 Å². The third-order valence-electron chi connectivity index (χ3n) is 10.4. The van der Waals surface area contributed by atoms with Gasteiger partial charge >= 0.3 is 5.97 Å². The molecule has 1 atom stereocenters. The van der Waals surface area contributed by atoms with E-state index < -0.39 is 5.97 Å². The zero-order valence-corrected chi connectivity index (χ0v) is 33.3. The van der Waals surface area contributed by atoms with Crippen molar-refractivity contribution < 1.29 is 24.5 Å². The van der Waals surface area contributed by atoms with E-state index in [9.17, 15) is 15.0 Å². The first-order valence-corrected chi connectivity index (χ1v) is 20.2. The summed E-state index contributed by atoms with van der Waals surface area (Å²) in [7, 11) is 3.35. The smallest absolute Gasteiger partial charge is 0.354 e. The number of benzene rings is 3. The van der Waals surface area contributed by atoms with Crippen molar-refractivity contribution in [3.05, 3.63) is 98.2 Å². The highest BCUT2D eigenvalue weighted by molar-refractivity contribution is 7.97. The Morgan fingerprint density at radius 1 is 1.04 bits per heavy atom. The molecule has 3 aromatic heterocycles. The van der Waals surface area contributed by atoms with Gasteiger partial charge in [-0.15, -0.1) is 11.8 Å². The van der Waals surface area contributed by atoms with E-state index >= 15 is 0 Å². The minimum absolute atomic E-state index is 0.00307. The molecule has 2 N–H and O–H groups in total. The number of carbonyl (C=O) groups is 1. The molecule has 1 unspecified atom stereocenters. The molecule has 13 heteroatoms. The van der Waals surface area contributed by atoms with Gasteiger partial charge in [-0.1, -0.05) is 29.3 Å². The SMILES string of the molecule is COC(=O)c1c(C)c2c(-c3c(CSCc4cc(CCc5cc(O)c6ccc(Cl)cc6c5)n(C)n4)nn(C4CCCCO4)c3C)c(Cl)ccc2n1CCCO. The number of fused-ring (bicyclic) bond motifs is 2. The van der Waals surface area contributed by atoms with Crippen LogP contribution in [0.15, 0.2) is 48.5 Å². The number of ether oxygens (including phenoxy) is 2. The van der Waals surface area contributed by atoms with Crippen molar-refractivity contribution in [3.63, 3.8) is 0 Å². The van der Waals surface area contributed by atoms with Crippen LogP contribution in [0.4, 0.5) is 0 Å².